The minimum Gasteiger partial charge on any atom is -0.373 e. The van der Waals surface area contributed by atoms with Crippen LogP contribution in [0, 0.1) is 5.92 Å². The Morgan fingerprint density at radius 3 is 2.44 bits per heavy atom. The minimum atomic E-state index is 0.184. The van der Waals surface area contributed by atoms with Crippen molar-refractivity contribution in [1.29, 1.82) is 0 Å². The molecule has 0 heterocycles. The van der Waals surface area contributed by atoms with Gasteiger partial charge in [0.05, 0.1) is 12.7 Å². The summed E-state index contributed by atoms with van der Waals surface area (Å²) in [6.07, 6.45) is 2.74. The van der Waals surface area contributed by atoms with E-state index in [1.807, 2.05) is 6.07 Å². The standard InChI is InChI=1S/C16H27NO/c1-14(2)8-7-11-17-12-13-18-15(3)16-9-5-4-6-10-16/h4-6,9-10,14-15,17H,7-8,11-13H2,1-3H3. The fraction of sp³-hybridized carbons (Fsp3) is 0.625. The molecule has 2 heteroatoms. The maximum absolute atomic E-state index is 5.79. The zero-order valence-corrected chi connectivity index (χ0v) is 12.0. The lowest BCUT2D eigenvalue weighted by Crippen LogP contribution is -2.21. The summed E-state index contributed by atoms with van der Waals surface area (Å²) >= 11 is 0. The quantitative estimate of drug-likeness (QED) is 0.672. The van der Waals surface area contributed by atoms with Crippen molar-refractivity contribution in [2.45, 2.75) is 39.7 Å². The molecule has 0 fully saturated rings. The summed E-state index contributed by atoms with van der Waals surface area (Å²) in [4.78, 5) is 0. The topological polar surface area (TPSA) is 21.3 Å². The summed E-state index contributed by atoms with van der Waals surface area (Å²) in [5, 5.41) is 3.42. The second-order valence-electron chi connectivity index (χ2n) is 5.21. The number of hydrogen-bond acceptors (Lipinski definition) is 2. The van der Waals surface area contributed by atoms with Crippen LogP contribution < -0.4 is 5.32 Å². The van der Waals surface area contributed by atoms with Crippen LogP contribution in [0.15, 0.2) is 30.3 Å². The minimum absolute atomic E-state index is 0.184. The molecule has 0 bridgehead atoms. The van der Waals surface area contributed by atoms with E-state index in [1.54, 1.807) is 0 Å². The molecular formula is C16H27NO. The molecule has 1 unspecified atom stereocenters. The summed E-state index contributed by atoms with van der Waals surface area (Å²) in [7, 11) is 0. The van der Waals surface area contributed by atoms with Crippen LogP contribution in [-0.2, 0) is 4.74 Å². The summed E-state index contributed by atoms with van der Waals surface area (Å²) in [5.74, 6) is 0.807. The monoisotopic (exact) mass is 249 g/mol. The Balaban J connectivity index is 2.01. The predicted octanol–water partition coefficient (Wildman–Crippen LogP) is 3.79. The first-order valence-corrected chi connectivity index (χ1v) is 7.07. The lowest BCUT2D eigenvalue weighted by atomic mass is 10.1. The molecular weight excluding hydrogens is 222 g/mol. The van der Waals surface area contributed by atoms with E-state index in [1.165, 1.54) is 18.4 Å². The van der Waals surface area contributed by atoms with Crippen molar-refractivity contribution in [2.75, 3.05) is 19.7 Å². The number of nitrogens with one attached hydrogen (secondary N) is 1. The SMILES string of the molecule is CC(C)CCCNCCOC(C)c1ccccc1. The average molecular weight is 249 g/mol. The van der Waals surface area contributed by atoms with Gasteiger partial charge in [-0.1, -0.05) is 44.2 Å². The third-order valence-electron chi connectivity index (χ3n) is 3.05. The zero-order valence-electron chi connectivity index (χ0n) is 12.0. The van der Waals surface area contributed by atoms with E-state index in [9.17, 15) is 0 Å². The van der Waals surface area contributed by atoms with E-state index in [4.69, 9.17) is 4.74 Å². The number of rotatable bonds is 9. The molecule has 0 amide bonds. The first-order chi connectivity index (χ1) is 8.70. The highest BCUT2D eigenvalue weighted by Crippen LogP contribution is 2.15. The number of ether oxygens (including phenoxy) is 1. The average Bonchev–Trinajstić information content (AvgIpc) is 2.38. The molecule has 102 valence electrons. The maximum atomic E-state index is 5.79. The fourth-order valence-corrected chi connectivity index (χ4v) is 1.89. The van der Waals surface area contributed by atoms with Crippen LogP contribution in [-0.4, -0.2) is 19.7 Å². The van der Waals surface area contributed by atoms with Gasteiger partial charge in [0.2, 0.25) is 0 Å². The van der Waals surface area contributed by atoms with Crippen molar-refractivity contribution in [3.8, 4) is 0 Å². The lowest BCUT2D eigenvalue weighted by Gasteiger charge is -2.13. The molecule has 0 aliphatic rings. The zero-order chi connectivity index (χ0) is 13.2. The van der Waals surface area contributed by atoms with Crippen LogP contribution in [0.1, 0.15) is 45.3 Å². The van der Waals surface area contributed by atoms with Crippen molar-refractivity contribution < 1.29 is 4.74 Å². The van der Waals surface area contributed by atoms with Crippen molar-refractivity contribution in [3.63, 3.8) is 0 Å². The molecule has 1 aromatic rings. The van der Waals surface area contributed by atoms with Crippen LogP contribution in [0.5, 0.6) is 0 Å². The molecule has 0 saturated heterocycles. The molecule has 0 aliphatic heterocycles. The summed E-state index contributed by atoms with van der Waals surface area (Å²) in [6, 6.07) is 10.4. The Kier molecular flexibility index (Phi) is 7.70. The van der Waals surface area contributed by atoms with Gasteiger partial charge in [0.1, 0.15) is 0 Å². The highest BCUT2D eigenvalue weighted by molar-refractivity contribution is 5.16. The smallest absolute Gasteiger partial charge is 0.0797 e. The Morgan fingerprint density at radius 1 is 1.06 bits per heavy atom. The second-order valence-corrected chi connectivity index (χ2v) is 5.21. The maximum Gasteiger partial charge on any atom is 0.0797 e. The largest absolute Gasteiger partial charge is 0.373 e. The summed E-state index contributed by atoms with van der Waals surface area (Å²) in [6.45, 7) is 9.46. The second kappa shape index (κ2) is 9.12. The molecule has 0 saturated carbocycles. The predicted molar refractivity (Wildman–Crippen MR) is 77.8 cm³/mol. The van der Waals surface area contributed by atoms with Gasteiger partial charge >= 0.3 is 0 Å². The Hall–Kier alpha value is -0.860. The third kappa shape index (κ3) is 6.77. The van der Waals surface area contributed by atoms with Crippen LogP contribution in [0.4, 0.5) is 0 Å². The molecule has 2 nitrogen and oxygen atoms in total. The lowest BCUT2D eigenvalue weighted by molar-refractivity contribution is 0.0678. The van der Waals surface area contributed by atoms with E-state index in [2.05, 4.69) is 50.4 Å². The van der Waals surface area contributed by atoms with Gasteiger partial charge in [0.25, 0.3) is 0 Å². The normalized spacial score (nSPS) is 12.9. The Morgan fingerprint density at radius 2 is 1.78 bits per heavy atom. The third-order valence-corrected chi connectivity index (χ3v) is 3.05. The molecule has 0 aliphatic carbocycles. The molecule has 1 aromatic carbocycles. The van der Waals surface area contributed by atoms with Gasteiger partial charge < -0.3 is 10.1 Å². The first kappa shape index (κ1) is 15.2. The van der Waals surface area contributed by atoms with E-state index in [0.29, 0.717) is 0 Å². The van der Waals surface area contributed by atoms with Gasteiger partial charge in [-0.2, -0.15) is 0 Å². The Labute approximate surface area is 112 Å². The molecule has 1 N–H and O–H groups in total. The van der Waals surface area contributed by atoms with Gasteiger partial charge in [-0.05, 0) is 37.8 Å². The van der Waals surface area contributed by atoms with Gasteiger partial charge in [0.15, 0.2) is 0 Å². The van der Waals surface area contributed by atoms with Gasteiger partial charge in [-0.25, -0.2) is 0 Å². The molecule has 18 heavy (non-hydrogen) atoms. The van der Waals surface area contributed by atoms with Crippen LogP contribution >= 0.6 is 0 Å². The molecule has 0 spiro atoms. The first-order valence-electron chi connectivity index (χ1n) is 7.07. The fourth-order valence-electron chi connectivity index (χ4n) is 1.89. The molecule has 0 aromatic heterocycles. The van der Waals surface area contributed by atoms with Gasteiger partial charge in [-0.3, -0.25) is 0 Å². The van der Waals surface area contributed by atoms with E-state index >= 15 is 0 Å². The highest BCUT2D eigenvalue weighted by atomic mass is 16.5. The van der Waals surface area contributed by atoms with Gasteiger partial charge in [0, 0.05) is 6.54 Å². The van der Waals surface area contributed by atoms with Crippen LogP contribution in [0.3, 0.4) is 0 Å². The van der Waals surface area contributed by atoms with Crippen molar-refractivity contribution in [1.82, 2.24) is 5.32 Å². The molecule has 1 atom stereocenters. The number of benzene rings is 1. The van der Waals surface area contributed by atoms with Gasteiger partial charge in [-0.15, -0.1) is 0 Å². The number of hydrogen-bond donors (Lipinski definition) is 1. The summed E-state index contributed by atoms with van der Waals surface area (Å²) < 4.78 is 5.79. The van der Waals surface area contributed by atoms with E-state index < -0.39 is 0 Å². The summed E-state index contributed by atoms with van der Waals surface area (Å²) in [5.41, 5.74) is 1.25. The van der Waals surface area contributed by atoms with Crippen LogP contribution in [0.25, 0.3) is 0 Å². The molecule has 0 radical (unpaired) electrons. The highest BCUT2D eigenvalue weighted by Gasteiger charge is 2.03. The van der Waals surface area contributed by atoms with Crippen LogP contribution in [0.2, 0.25) is 0 Å². The van der Waals surface area contributed by atoms with E-state index in [-0.39, 0.29) is 6.10 Å². The van der Waals surface area contributed by atoms with Crippen molar-refractivity contribution in [2.24, 2.45) is 5.92 Å². The van der Waals surface area contributed by atoms with Crippen molar-refractivity contribution >= 4 is 0 Å². The molecule has 1 rings (SSSR count). The van der Waals surface area contributed by atoms with E-state index in [0.717, 1.165) is 25.6 Å². The Bertz CT molecular complexity index is 297. The van der Waals surface area contributed by atoms with Crippen molar-refractivity contribution in [3.05, 3.63) is 35.9 Å².